The van der Waals surface area contributed by atoms with E-state index in [-0.39, 0.29) is 24.0 Å². The van der Waals surface area contributed by atoms with E-state index in [1.54, 1.807) is 45.9 Å². The summed E-state index contributed by atoms with van der Waals surface area (Å²) < 4.78 is 38.2. The molecule has 194 valence electrons. The topological polar surface area (TPSA) is 148 Å². The number of ether oxygens (including phenoxy) is 2. The molecule has 1 aromatic heterocycles. The molecule has 0 aliphatic heterocycles. The van der Waals surface area contributed by atoms with Gasteiger partial charge in [0.05, 0.1) is 29.1 Å². The predicted octanol–water partition coefficient (Wildman–Crippen LogP) is 3.93. The number of carbonyl (C=O) groups excluding carboxylic acids is 2. The van der Waals surface area contributed by atoms with Crippen molar-refractivity contribution in [2.75, 3.05) is 36.0 Å². The first-order valence-corrected chi connectivity index (χ1v) is 13.5. The van der Waals surface area contributed by atoms with Crippen LogP contribution in [0.4, 0.5) is 20.4 Å². The van der Waals surface area contributed by atoms with Crippen molar-refractivity contribution in [3.63, 3.8) is 0 Å². The molecule has 1 aromatic carbocycles. The van der Waals surface area contributed by atoms with Crippen LogP contribution in [-0.4, -0.2) is 57.1 Å². The van der Waals surface area contributed by atoms with Gasteiger partial charge in [0.25, 0.3) is 0 Å². The van der Waals surface area contributed by atoms with Crippen LogP contribution in [-0.2, 0) is 14.8 Å². The number of sulfonamides is 1. The predicted molar refractivity (Wildman–Crippen MR) is 138 cm³/mol. The number of methoxy groups -OCH3 is 1. The minimum absolute atomic E-state index is 0.130. The number of hydrogen-bond acceptors (Lipinski definition) is 8. The van der Waals surface area contributed by atoms with Crippen LogP contribution < -0.4 is 25.4 Å². The molecule has 3 amide bonds. The summed E-state index contributed by atoms with van der Waals surface area (Å²) in [6.45, 7) is 9.34. The molecular weight excluding hydrogens is 494 g/mol. The van der Waals surface area contributed by atoms with Gasteiger partial charge < -0.3 is 20.1 Å². The van der Waals surface area contributed by atoms with Crippen molar-refractivity contribution in [3.05, 3.63) is 23.9 Å². The maximum absolute atomic E-state index is 12.6. The first kappa shape index (κ1) is 28.2. The minimum atomic E-state index is -3.81. The van der Waals surface area contributed by atoms with Gasteiger partial charge in [-0.1, -0.05) is 18.3 Å². The molecule has 13 heteroatoms. The highest BCUT2D eigenvalue weighted by Gasteiger charge is 2.19. The lowest BCUT2D eigenvalue weighted by Gasteiger charge is -2.19. The quantitative estimate of drug-likeness (QED) is 0.366. The monoisotopic (exact) mass is 527 g/mol. The zero-order valence-corrected chi connectivity index (χ0v) is 22.4. The lowest BCUT2D eigenvalue weighted by molar-refractivity contribution is 0.0531. The molecule has 2 rings (SSSR count). The Balaban J connectivity index is 2.14. The van der Waals surface area contributed by atoms with Crippen molar-refractivity contribution in [3.8, 4) is 16.2 Å². The van der Waals surface area contributed by atoms with Gasteiger partial charge in [-0.25, -0.2) is 23.0 Å². The van der Waals surface area contributed by atoms with Gasteiger partial charge in [-0.3, -0.25) is 10.0 Å². The number of carbonyl (C=O) groups is 2. The fourth-order valence-electron chi connectivity index (χ4n) is 2.85. The third-order valence-corrected chi connectivity index (χ3v) is 6.71. The molecule has 0 saturated heterocycles. The number of rotatable bonds is 10. The van der Waals surface area contributed by atoms with Crippen LogP contribution in [0.1, 0.15) is 39.8 Å². The zero-order chi connectivity index (χ0) is 26.2. The molecule has 0 spiro atoms. The van der Waals surface area contributed by atoms with E-state index in [1.165, 1.54) is 18.4 Å². The second-order valence-corrected chi connectivity index (χ2v) is 11.4. The summed E-state index contributed by atoms with van der Waals surface area (Å²) in [4.78, 5) is 28.8. The van der Waals surface area contributed by atoms with E-state index in [9.17, 15) is 18.0 Å². The van der Waals surface area contributed by atoms with Crippen LogP contribution in [0.15, 0.2) is 18.2 Å². The van der Waals surface area contributed by atoms with Gasteiger partial charge in [-0.05, 0) is 57.9 Å². The van der Waals surface area contributed by atoms with Gasteiger partial charge in [0.2, 0.25) is 10.0 Å². The second-order valence-electron chi connectivity index (χ2n) is 8.58. The number of amides is 3. The third-order valence-electron chi connectivity index (χ3n) is 4.32. The molecule has 0 saturated carbocycles. The normalized spacial score (nSPS) is 11.5. The molecule has 0 bridgehead atoms. The number of urea groups is 1. The molecule has 0 atom stereocenters. The fourth-order valence-corrected chi connectivity index (χ4v) is 4.77. The average molecular weight is 528 g/mol. The number of anilines is 2. The highest BCUT2D eigenvalue weighted by atomic mass is 32.2. The highest BCUT2D eigenvalue weighted by Crippen LogP contribution is 2.37. The summed E-state index contributed by atoms with van der Waals surface area (Å²) in [6, 6.07) is 4.73. The smallest absolute Gasteiger partial charge is 0.407 e. The molecule has 35 heavy (non-hydrogen) atoms. The Kier molecular flexibility index (Phi) is 9.72. The Morgan fingerprint density at radius 1 is 1.14 bits per heavy atom. The zero-order valence-electron chi connectivity index (χ0n) is 20.8. The summed E-state index contributed by atoms with van der Waals surface area (Å²) in [5, 5.41) is 8.28. The van der Waals surface area contributed by atoms with E-state index in [0.29, 0.717) is 28.7 Å². The first-order valence-electron chi connectivity index (χ1n) is 11.0. The second kappa shape index (κ2) is 12.1. The van der Waals surface area contributed by atoms with E-state index < -0.39 is 21.7 Å². The van der Waals surface area contributed by atoms with Crippen molar-refractivity contribution in [1.29, 1.82) is 0 Å². The number of alkyl carbamates (subject to hydrolysis) is 1. The maximum atomic E-state index is 12.6. The molecular formula is C22H33N5O6S2. The molecule has 0 unspecified atom stereocenters. The van der Waals surface area contributed by atoms with E-state index in [4.69, 9.17) is 9.47 Å². The van der Waals surface area contributed by atoms with Crippen molar-refractivity contribution in [2.24, 2.45) is 0 Å². The summed E-state index contributed by atoms with van der Waals surface area (Å²) in [6.07, 6.45) is 0.123. The van der Waals surface area contributed by atoms with Gasteiger partial charge in [-0.15, -0.1) is 0 Å². The number of aryl methyl sites for hydroxylation is 1. The summed E-state index contributed by atoms with van der Waals surface area (Å²) in [5.74, 6) is -0.0305. The SMILES string of the molecule is CCCNC(=O)Nc1nc(C)c(-c2ccc(OC)c(NS(=O)(=O)CCNC(=O)OC(C)(C)C)c2)s1. The average Bonchev–Trinajstić information content (AvgIpc) is 3.10. The Hall–Kier alpha value is -3.06. The van der Waals surface area contributed by atoms with Crippen LogP contribution in [0.3, 0.4) is 0 Å². The largest absolute Gasteiger partial charge is 0.495 e. The van der Waals surface area contributed by atoms with Crippen LogP contribution >= 0.6 is 11.3 Å². The van der Waals surface area contributed by atoms with Gasteiger partial charge in [0, 0.05) is 13.1 Å². The van der Waals surface area contributed by atoms with Gasteiger partial charge in [0.1, 0.15) is 11.4 Å². The van der Waals surface area contributed by atoms with E-state index in [0.717, 1.165) is 11.3 Å². The lowest BCUT2D eigenvalue weighted by atomic mass is 10.1. The molecule has 11 nitrogen and oxygen atoms in total. The van der Waals surface area contributed by atoms with E-state index in [1.807, 2.05) is 6.92 Å². The number of thiazole rings is 1. The number of nitrogens with one attached hydrogen (secondary N) is 4. The molecule has 2 aromatic rings. The van der Waals surface area contributed by atoms with Crippen LogP contribution in [0.2, 0.25) is 0 Å². The fraction of sp³-hybridized carbons (Fsp3) is 0.500. The first-order chi connectivity index (χ1) is 16.3. The molecule has 0 aliphatic carbocycles. The van der Waals surface area contributed by atoms with Crippen LogP contribution in [0.5, 0.6) is 5.75 Å². The van der Waals surface area contributed by atoms with Crippen LogP contribution in [0, 0.1) is 6.92 Å². The van der Waals surface area contributed by atoms with Crippen molar-refractivity contribution < 1.29 is 27.5 Å². The van der Waals surface area contributed by atoms with Crippen molar-refractivity contribution >= 4 is 44.3 Å². The maximum Gasteiger partial charge on any atom is 0.407 e. The summed E-state index contributed by atoms with van der Waals surface area (Å²) >= 11 is 1.27. The molecule has 0 aliphatic rings. The third kappa shape index (κ3) is 9.25. The lowest BCUT2D eigenvalue weighted by Crippen LogP contribution is -2.36. The van der Waals surface area contributed by atoms with Gasteiger partial charge >= 0.3 is 12.1 Å². The van der Waals surface area contributed by atoms with Gasteiger partial charge in [-0.2, -0.15) is 0 Å². The summed E-state index contributed by atoms with van der Waals surface area (Å²) in [5.41, 5.74) is 0.942. The Morgan fingerprint density at radius 3 is 2.49 bits per heavy atom. The standard InChI is InChI=1S/C22H33N5O6S2/c1-7-10-23-19(28)26-20-25-14(2)18(34-20)15-8-9-17(32-6)16(13-15)27-35(30,31)12-11-24-21(29)33-22(3,4)5/h8-9,13,27H,7,10-12H2,1-6H3,(H,24,29)(H2,23,25,26,28). The highest BCUT2D eigenvalue weighted by molar-refractivity contribution is 7.92. The number of nitrogens with zero attached hydrogens (tertiary/aromatic N) is 1. The molecule has 1 heterocycles. The van der Waals surface area contributed by atoms with Crippen LogP contribution in [0.25, 0.3) is 10.4 Å². The Labute approximate surface area is 210 Å². The molecule has 0 fully saturated rings. The van der Waals surface area contributed by atoms with Gasteiger partial charge in [0.15, 0.2) is 5.13 Å². The van der Waals surface area contributed by atoms with E-state index in [2.05, 4.69) is 25.7 Å². The summed E-state index contributed by atoms with van der Waals surface area (Å²) in [7, 11) is -2.38. The number of benzene rings is 1. The molecule has 0 radical (unpaired) electrons. The van der Waals surface area contributed by atoms with E-state index >= 15 is 0 Å². The Morgan fingerprint density at radius 2 is 1.86 bits per heavy atom. The number of hydrogen-bond donors (Lipinski definition) is 4. The molecule has 4 N–H and O–H groups in total. The van der Waals surface area contributed by atoms with Crippen molar-refractivity contribution in [2.45, 2.75) is 46.6 Å². The minimum Gasteiger partial charge on any atom is -0.495 e. The number of aromatic nitrogens is 1. The van der Waals surface area contributed by atoms with Crippen molar-refractivity contribution in [1.82, 2.24) is 15.6 Å². The Bertz CT molecular complexity index is 1140.